The highest BCUT2D eigenvalue weighted by atomic mass is 16.5. The van der Waals surface area contributed by atoms with Crippen LogP contribution < -0.4 is 20.6 Å². The van der Waals surface area contributed by atoms with E-state index in [2.05, 4.69) is 25.3 Å². The highest BCUT2D eigenvalue weighted by molar-refractivity contribution is 5.56. The zero-order valence-corrected chi connectivity index (χ0v) is 15.5. The third-order valence-corrected chi connectivity index (χ3v) is 4.44. The van der Waals surface area contributed by atoms with E-state index < -0.39 is 11.3 Å². The van der Waals surface area contributed by atoms with E-state index >= 15 is 0 Å². The van der Waals surface area contributed by atoms with E-state index in [1.54, 1.807) is 24.3 Å². The molecule has 2 N–H and O–H groups in total. The Bertz CT molecular complexity index is 1440. The first-order valence-corrected chi connectivity index (χ1v) is 8.84. The Morgan fingerprint density at radius 1 is 0.833 bits per heavy atom. The van der Waals surface area contributed by atoms with Crippen molar-refractivity contribution >= 4 is 0 Å². The molecule has 148 valence electrons. The molecule has 3 heterocycles. The highest BCUT2D eigenvalue weighted by Gasteiger charge is 2.31. The first-order chi connectivity index (χ1) is 14.6. The van der Waals surface area contributed by atoms with Gasteiger partial charge in [0, 0.05) is 29.8 Å². The van der Waals surface area contributed by atoms with Gasteiger partial charge in [-0.2, -0.15) is 0 Å². The number of hydrogen-bond donors (Lipinski definition) is 2. The minimum absolute atomic E-state index is 0.0122. The predicted molar refractivity (Wildman–Crippen MR) is 98.7 cm³/mol. The lowest BCUT2D eigenvalue weighted by molar-refractivity contribution is -0.670. The van der Waals surface area contributed by atoms with Crippen LogP contribution in [0, 0.1) is 6.92 Å². The number of nitrogens with zero attached hydrogens (tertiary/aromatic N) is 4. The Kier molecular flexibility index (Phi) is 3.98. The molecule has 0 aliphatic heterocycles. The van der Waals surface area contributed by atoms with Gasteiger partial charge in [-0.15, -0.1) is 10.2 Å². The van der Waals surface area contributed by atoms with Crippen molar-refractivity contribution in [3.05, 3.63) is 81.1 Å². The van der Waals surface area contributed by atoms with Gasteiger partial charge in [0.1, 0.15) is 0 Å². The molecular formula is C19H14N6O5+2. The normalized spacial score (nSPS) is 11.1. The van der Waals surface area contributed by atoms with Crippen LogP contribution in [0.5, 0.6) is 0 Å². The van der Waals surface area contributed by atoms with Crippen molar-refractivity contribution in [2.24, 2.45) is 0 Å². The summed E-state index contributed by atoms with van der Waals surface area (Å²) in [5.74, 6) is 0.233. The number of aryl methyl sites for hydroxylation is 1. The summed E-state index contributed by atoms with van der Waals surface area (Å²) in [5.41, 5.74) is 2.01. The Morgan fingerprint density at radius 2 is 1.53 bits per heavy atom. The summed E-state index contributed by atoms with van der Waals surface area (Å²) < 4.78 is 18.2. The van der Waals surface area contributed by atoms with E-state index in [4.69, 9.17) is 8.94 Å². The van der Waals surface area contributed by atoms with Crippen molar-refractivity contribution in [3.63, 3.8) is 0 Å². The summed E-state index contributed by atoms with van der Waals surface area (Å²) in [7, 11) is 0. The molecule has 0 aliphatic rings. The Balaban J connectivity index is 1.49. The van der Waals surface area contributed by atoms with Gasteiger partial charge in [0.2, 0.25) is 17.3 Å². The van der Waals surface area contributed by atoms with Gasteiger partial charge >= 0.3 is 22.8 Å². The molecule has 0 aliphatic carbocycles. The Morgan fingerprint density at radius 3 is 2.23 bits per heavy atom. The molecule has 11 heteroatoms. The van der Waals surface area contributed by atoms with Gasteiger partial charge < -0.3 is 4.42 Å². The third kappa shape index (κ3) is 3.03. The van der Waals surface area contributed by atoms with Gasteiger partial charge in [0.25, 0.3) is 6.20 Å². The summed E-state index contributed by atoms with van der Waals surface area (Å²) in [6.07, 6.45) is 1.27. The average Bonchev–Trinajstić information content (AvgIpc) is 3.49. The summed E-state index contributed by atoms with van der Waals surface area (Å²) >= 11 is 0. The first-order valence-electron chi connectivity index (χ1n) is 8.84. The smallest absolute Gasteiger partial charge is 0.411 e. The summed E-state index contributed by atoms with van der Waals surface area (Å²) in [4.78, 5) is 23.4. The van der Waals surface area contributed by atoms with Gasteiger partial charge in [0.05, 0.1) is 0 Å². The van der Waals surface area contributed by atoms with Crippen LogP contribution in [0.4, 0.5) is 0 Å². The molecular weight excluding hydrogens is 392 g/mol. The second kappa shape index (κ2) is 6.81. The molecule has 0 atom stereocenters. The van der Waals surface area contributed by atoms with Crippen molar-refractivity contribution in [2.45, 2.75) is 6.92 Å². The van der Waals surface area contributed by atoms with Gasteiger partial charge in [-0.3, -0.25) is 9.05 Å². The Hall–Kier alpha value is -4.54. The maximum absolute atomic E-state index is 12.2. The zero-order chi connectivity index (χ0) is 20.7. The molecule has 0 radical (unpaired) electrons. The van der Waals surface area contributed by atoms with E-state index in [1.807, 2.05) is 31.2 Å². The number of rotatable bonds is 4. The fourth-order valence-electron chi connectivity index (χ4n) is 2.91. The fourth-order valence-corrected chi connectivity index (χ4v) is 2.91. The van der Waals surface area contributed by atoms with Crippen molar-refractivity contribution in [2.75, 3.05) is 0 Å². The molecule has 3 aromatic heterocycles. The van der Waals surface area contributed by atoms with Crippen molar-refractivity contribution in [1.29, 1.82) is 0 Å². The third-order valence-electron chi connectivity index (χ3n) is 4.44. The summed E-state index contributed by atoms with van der Waals surface area (Å²) in [6, 6.07) is 14.4. The summed E-state index contributed by atoms with van der Waals surface area (Å²) in [6.45, 7) is 1.96. The molecule has 30 heavy (non-hydrogen) atoms. The standard InChI is InChI=1S/C19H12N6O5/c1-11-2-6-14(7-3-11)25-16(19(27)30-23-25)18-21-20-17(28-18)12-4-8-13(9-5-12)24-10-15(26)29-22-24/h2-10H,1H3/p+2. The van der Waals surface area contributed by atoms with Crippen LogP contribution >= 0.6 is 0 Å². The monoisotopic (exact) mass is 406 g/mol. The number of aromatic amines is 2. The van der Waals surface area contributed by atoms with Crippen molar-refractivity contribution < 1.29 is 22.8 Å². The van der Waals surface area contributed by atoms with E-state index in [-0.39, 0.29) is 17.5 Å². The fraction of sp³-hybridized carbons (Fsp3) is 0.0526. The maximum atomic E-state index is 12.2. The van der Waals surface area contributed by atoms with Gasteiger partial charge in [-0.25, -0.2) is 9.59 Å². The minimum Gasteiger partial charge on any atom is -0.411 e. The second-order valence-electron chi connectivity index (χ2n) is 6.47. The molecule has 0 saturated carbocycles. The topological polar surface area (TPSA) is 139 Å². The summed E-state index contributed by atoms with van der Waals surface area (Å²) in [5, 5.41) is 13.0. The lowest BCUT2D eigenvalue weighted by Gasteiger charge is -1.94. The van der Waals surface area contributed by atoms with Crippen LogP contribution in [0.2, 0.25) is 0 Å². The van der Waals surface area contributed by atoms with E-state index in [0.717, 1.165) is 5.56 Å². The molecule has 0 amide bonds. The van der Waals surface area contributed by atoms with Gasteiger partial charge in [-0.1, -0.05) is 17.7 Å². The molecule has 5 aromatic rings. The highest BCUT2D eigenvalue weighted by Crippen LogP contribution is 2.21. The SMILES string of the molecule is Cc1ccc(-[n+]2[nH]oc(=O)c2-c2nnc(-c3ccc(-[n+]4cc(=O)o[nH]4)cc3)o2)cc1. The van der Waals surface area contributed by atoms with Gasteiger partial charge in [0.15, 0.2) is 0 Å². The predicted octanol–water partition coefficient (Wildman–Crippen LogP) is 0.828. The molecule has 11 nitrogen and oxygen atoms in total. The number of nitrogens with one attached hydrogen (secondary N) is 2. The molecule has 0 bridgehead atoms. The number of H-pyrrole nitrogens is 2. The van der Waals surface area contributed by atoms with E-state index in [0.29, 0.717) is 16.9 Å². The molecule has 0 fully saturated rings. The van der Waals surface area contributed by atoms with Gasteiger partial charge in [-0.05, 0) is 39.0 Å². The quantitative estimate of drug-likeness (QED) is 0.421. The lowest BCUT2D eigenvalue weighted by atomic mass is 10.2. The van der Waals surface area contributed by atoms with Crippen LogP contribution in [0.15, 0.2) is 77.8 Å². The van der Waals surface area contributed by atoms with Crippen LogP contribution in [-0.2, 0) is 0 Å². The average molecular weight is 406 g/mol. The number of hydrogen-bond acceptors (Lipinski definition) is 7. The first kappa shape index (κ1) is 17.6. The van der Waals surface area contributed by atoms with E-state index in [1.165, 1.54) is 15.6 Å². The number of benzene rings is 2. The van der Waals surface area contributed by atoms with Crippen LogP contribution in [-0.4, -0.2) is 20.7 Å². The molecule has 0 unspecified atom stereocenters. The molecule has 5 rings (SSSR count). The largest absolute Gasteiger partial charge is 0.441 e. The lowest BCUT2D eigenvalue weighted by Crippen LogP contribution is -2.36. The molecule has 0 saturated heterocycles. The van der Waals surface area contributed by atoms with Crippen LogP contribution in [0.25, 0.3) is 34.4 Å². The maximum Gasteiger partial charge on any atom is 0.441 e. The van der Waals surface area contributed by atoms with Crippen molar-refractivity contribution in [1.82, 2.24) is 20.7 Å². The Labute approximate surface area is 166 Å². The zero-order valence-electron chi connectivity index (χ0n) is 15.5. The molecule has 0 spiro atoms. The van der Waals surface area contributed by atoms with Crippen molar-refractivity contribution in [3.8, 4) is 34.4 Å². The van der Waals surface area contributed by atoms with E-state index in [9.17, 15) is 9.59 Å². The van der Waals surface area contributed by atoms with Crippen LogP contribution in [0.3, 0.4) is 0 Å². The second-order valence-corrected chi connectivity index (χ2v) is 6.47. The molecule has 2 aromatic carbocycles. The minimum atomic E-state index is -0.638. The van der Waals surface area contributed by atoms with Crippen LogP contribution in [0.1, 0.15) is 5.56 Å². The number of aromatic nitrogens is 6.